The van der Waals surface area contributed by atoms with E-state index in [1.165, 1.54) is 19.3 Å². The van der Waals surface area contributed by atoms with Crippen molar-refractivity contribution < 1.29 is 9.13 Å². The fourth-order valence-corrected chi connectivity index (χ4v) is 2.86. The van der Waals surface area contributed by atoms with Crippen LogP contribution in [0, 0.1) is 0 Å². The molecule has 0 radical (unpaired) electrons. The third kappa shape index (κ3) is 7.50. The average molecular weight is 248 g/mol. The smallest absolute Gasteiger partial charge is 0.101 e. The number of alkyl halides is 1. The lowest BCUT2D eigenvalue weighted by Gasteiger charge is -2.13. The number of unbranched alkanes of at least 4 members (excludes halogenated alkanes) is 3. The third-order valence-corrected chi connectivity index (χ3v) is 4.25. The quantitative estimate of drug-likeness (QED) is 0.424. The summed E-state index contributed by atoms with van der Waals surface area (Å²) in [6, 6.07) is 0. The van der Waals surface area contributed by atoms with E-state index in [0.29, 0.717) is 17.8 Å². The average Bonchev–Trinajstić information content (AvgIpc) is 3.05. The van der Waals surface area contributed by atoms with E-state index >= 15 is 0 Å². The second-order valence-corrected chi connectivity index (χ2v) is 6.25. The number of thioether (sulfide) groups is 1. The van der Waals surface area contributed by atoms with Crippen molar-refractivity contribution in [3.63, 3.8) is 0 Å². The first-order chi connectivity index (χ1) is 7.72. The van der Waals surface area contributed by atoms with Gasteiger partial charge in [-0.3, -0.25) is 0 Å². The van der Waals surface area contributed by atoms with Crippen molar-refractivity contribution in [2.24, 2.45) is 0 Å². The van der Waals surface area contributed by atoms with Crippen LogP contribution >= 0.6 is 11.8 Å². The Balaban J connectivity index is 1.91. The van der Waals surface area contributed by atoms with Gasteiger partial charge in [-0.2, -0.15) is 11.8 Å². The molecule has 0 spiro atoms. The topological polar surface area (TPSA) is 12.5 Å². The van der Waals surface area contributed by atoms with Gasteiger partial charge in [0.25, 0.3) is 0 Å². The monoisotopic (exact) mass is 248 g/mol. The molecular formula is C13H25FOS. The minimum Gasteiger partial charge on any atom is -0.372 e. The molecule has 1 nitrogen and oxygen atoms in total. The van der Waals surface area contributed by atoms with E-state index in [-0.39, 0.29) is 0 Å². The molecule has 0 aliphatic carbocycles. The molecule has 1 aliphatic rings. The SMILES string of the molecule is CCCCCCC(F)CC(C)SCC1CO1. The molecule has 0 aromatic carbocycles. The maximum atomic E-state index is 13.6. The van der Waals surface area contributed by atoms with Crippen molar-refractivity contribution in [2.75, 3.05) is 12.4 Å². The Labute approximate surface area is 104 Å². The van der Waals surface area contributed by atoms with Gasteiger partial charge in [0.15, 0.2) is 0 Å². The van der Waals surface area contributed by atoms with Crippen molar-refractivity contribution in [3.8, 4) is 0 Å². The fourth-order valence-electron chi connectivity index (χ4n) is 1.77. The largest absolute Gasteiger partial charge is 0.372 e. The lowest BCUT2D eigenvalue weighted by molar-refractivity contribution is 0.288. The zero-order valence-electron chi connectivity index (χ0n) is 10.6. The van der Waals surface area contributed by atoms with Gasteiger partial charge in [-0.05, 0) is 12.8 Å². The maximum Gasteiger partial charge on any atom is 0.101 e. The first-order valence-corrected chi connectivity index (χ1v) is 7.64. The van der Waals surface area contributed by atoms with Crippen LogP contribution in [0.2, 0.25) is 0 Å². The van der Waals surface area contributed by atoms with E-state index in [2.05, 4.69) is 13.8 Å². The van der Waals surface area contributed by atoms with Crippen molar-refractivity contribution in [3.05, 3.63) is 0 Å². The van der Waals surface area contributed by atoms with Crippen molar-refractivity contribution >= 4 is 11.8 Å². The van der Waals surface area contributed by atoms with Crippen molar-refractivity contribution in [1.82, 2.24) is 0 Å². The summed E-state index contributed by atoms with van der Waals surface area (Å²) in [7, 11) is 0. The molecule has 3 unspecified atom stereocenters. The summed E-state index contributed by atoms with van der Waals surface area (Å²) < 4.78 is 18.7. The Morgan fingerprint density at radius 2 is 2.12 bits per heavy atom. The lowest BCUT2D eigenvalue weighted by Crippen LogP contribution is -2.10. The highest BCUT2D eigenvalue weighted by Gasteiger charge is 2.23. The molecular weight excluding hydrogens is 223 g/mol. The molecule has 3 atom stereocenters. The summed E-state index contributed by atoms with van der Waals surface area (Å²) in [5.41, 5.74) is 0. The standard InChI is InChI=1S/C13H25FOS/c1-3-4-5-6-7-12(14)8-11(2)16-10-13-9-15-13/h11-13H,3-10H2,1-2H3. The third-order valence-electron chi connectivity index (χ3n) is 2.93. The van der Waals surface area contributed by atoms with Crippen molar-refractivity contribution in [1.29, 1.82) is 0 Å². The van der Waals surface area contributed by atoms with Crippen LogP contribution < -0.4 is 0 Å². The number of hydrogen-bond acceptors (Lipinski definition) is 2. The predicted molar refractivity (Wildman–Crippen MR) is 69.9 cm³/mol. The molecule has 1 fully saturated rings. The predicted octanol–water partition coefficient (Wildman–Crippen LogP) is 4.21. The second-order valence-electron chi connectivity index (χ2n) is 4.78. The Morgan fingerprint density at radius 1 is 1.38 bits per heavy atom. The van der Waals surface area contributed by atoms with Crippen LogP contribution in [0.3, 0.4) is 0 Å². The van der Waals surface area contributed by atoms with Gasteiger partial charge in [-0.15, -0.1) is 0 Å². The minimum atomic E-state index is -0.598. The summed E-state index contributed by atoms with van der Waals surface area (Å²) in [5, 5.41) is 0.436. The van der Waals surface area contributed by atoms with E-state index in [1.807, 2.05) is 11.8 Å². The Hall–Kier alpha value is 0.240. The molecule has 16 heavy (non-hydrogen) atoms. The van der Waals surface area contributed by atoms with E-state index in [1.54, 1.807) is 0 Å². The van der Waals surface area contributed by atoms with Crippen LogP contribution in [-0.4, -0.2) is 29.9 Å². The van der Waals surface area contributed by atoms with Gasteiger partial charge in [0.05, 0.1) is 12.7 Å². The van der Waals surface area contributed by atoms with E-state index in [9.17, 15) is 4.39 Å². The molecule has 96 valence electrons. The number of ether oxygens (including phenoxy) is 1. The number of halogens is 1. The molecule has 1 aliphatic heterocycles. The number of epoxide rings is 1. The van der Waals surface area contributed by atoms with Crippen LogP contribution in [0.1, 0.15) is 52.4 Å². The van der Waals surface area contributed by atoms with Crippen LogP contribution in [0.15, 0.2) is 0 Å². The molecule has 0 bridgehead atoms. The first kappa shape index (κ1) is 14.3. The first-order valence-electron chi connectivity index (χ1n) is 6.59. The summed E-state index contributed by atoms with van der Waals surface area (Å²) in [5.74, 6) is 1.05. The zero-order chi connectivity index (χ0) is 11.8. The summed E-state index contributed by atoms with van der Waals surface area (Å²) in [4.78, 5) is 0. The molecule has 0 aromatic heterocycles. The summed E-state index contributed by atoms with van der Waals surface area (Å²) in [6.07, 6.45) is 6.05. The van der Waals surface area contributed by atoms with E-state index in [4.69, 9.17) is 4.74 Å². The Morgan fingerprint density at radius 3 is 2.75 bits per heavy atom. The lowest BCUT2D eigenvalue weighted by atomic mass is 10.1. The van der Waals surface area contributed by atoms with E-state index in [0.717, 1.165) is 25.2 Å². The molecule has 1 rings (SSSR count). The normalized spacial score (nSPS) is 23.1. The van der Waals surface area contributed by atoms with Crippen LogP contribution in [0.25, 0.3) is 0 Å². The van der Waals surface area contributed by atoms with E-state index < -0.39 is 6.17 Å². The Kier molecular flexibility index (Phi) is 7.46. The number of hydrogen-bond donors (Lipinski definition) is 0. The van der Waals surface area contributed by atoms with Gasteiger partial charge < -0.3 is 4.74 Å². The van der Waals surface area contributed by atoms with Crippen LogP contribution in [0.5, 0.6) is 0 Å². The van der Waals surface area contributed by atoms with Gasteiger partial charge in [-0.1, -0.05) is 39.5 Å². The van der Waals surface area contributed by atoms with Gasteiger partial charge in [0, 0.05) is 11.0 Å². The van der Waals surface area contributed by atoms with Crippen molar-refractivity contribution in [2.45, 2.75) is 69.9 Å². The van der Waals surface area contributed by atoms with Gasteiger partial charge in [0.1, 0.15) is 6.17 Å². The zero-order valence-corrected chi connectivity index (χ0v) is 11.4. The van der Waals surface area contributed by atoms with Gasteiger partial charge in [-0.25, -0.2) is 4.39 Å². The molecule has 1 heterocycles. The van der Waals surface area contributed by atoms with Gasteiger partial charge >= 0.3 is 0 Å². The second kappa shape index (κ2) is 8.35. The Bertz CT molecular complexity index is 173. The number of rotatable bonds is 10. The maximum absolute atomic E-state index is 13.6. The highest BCUT2D eigenvalue weighted by atomic mass is 32.2. The van der Waals surface area contributed by atoms with Crippen LogP contribution in [-0.2, 0) is 4.74 Å². The molecule has 0 saturated carbocycles. The molecule has 1 saturated heterocycles. The minimum absolute atomic E-state index is 0.436. The highest BCUT2D eigenvalue weighted by molar-refractivity contribution is 7.99. The molecule has 0 amide bonds. The highest BCUT2D eigenvalue weighted by Crippen LogP contribution is 2.24. The van der Waals surface area contributed by atoms with Gasteiger partial charge in [0.2, 0.25) is 0 Å². The molecule has 0 aromatic rings. The van der Waals surface area contributed by atoms with Crippen LogP contribution in [0.4, 0.5) is 4.39 Å². The fraction of sp³-hybridized carbons (Fsp3) is 1.00. The summed E-state index contributed by atoms with van der Waals surface area (Å²) >= 11 is 1.85. The summed E-state index contributed by atoms with van der Waals surface area (Å²) in [6.45, 7) is 5.23. The molecule has 0 N–H and O–H groups in total. The molecule has 3 heteroatoms.